The molecule has 0 unspecified atom stereocenters. The number of nitrogens with one attached hydrogen (secondary N) is 1. The largest absolute Gasteiger partial charge is 0.294 e. The molecule has 0 aliphatic heterocycles. The predicted octanol–water partition coefficient (Wildman–Crippen LogP) is 4.69. The van der Waals surface area contributed by atoms with Crippen LogP contribution in [0.25, 0.3) is 10.9 Å². The molecule has 0 radical (unpaired) electrons. The molecule has 0 fully saturated rings. The Morgan fingerprint density at radius 2 is 1.73 bits per heavy atom. The van der Waals surface area contributed by atoms with E-state index in [1.807, 2.05) is 50.2 Å². The molecule has 2 aromatic heterocycles. The molecule has 0 saturated heterocycles. The average molecular weight is 395 g/mol. The summed E-state index contributed by atoms with van der Waals surface area (Å²) in [5.74, 6) is 1.08. The summed E-state index contributed by atoms with van der Waals surface area (Å²) in [5.41, 5.74) is 5.43. The summed E-state index contributed by atoms with van der Waals surface area (Å²) in [6, 6.07) is 16.2. The minimum absolute atomic E-state index is 0.0880. The zero-order valence-electron chi connectivity index (χ0n) is 16.9. The Morgan fingerprint density at radius 1 is 0.900 bits per heavy atom. The van der Waals surface area contributed by atoms with Crippen molar-refractivity contribution in [2.75, 3.05) is 5.32 Å². The lowest BCUT2D eigenvalue weighted by molar-refractivity contribution is 0.0962. The second-order valence-corrected chi connectivity index (χ2v) is 7.72. The van der Waals surface area contributed by atoms with Crippen LogP contribution in [0.15, 0.2) is 54.7 Å². The summed E-state index contributed by atoms with van der Waals surface area (Å²) in [4.78, 5) is 30.8. The van der Waals surface area contributed by atoms with Crippen molar-refractivity contribution in [3.8, 4) is 0 Å². The number of Topliss-reactive ketones (excluding diaryl/α,β-unsaturated/α-hetero) is 1. The van der Waals surface area contributed by atoms with Crippen LogP contribution in [0.5, 0.6) is 0 Å². The number of hydrogen-bond acceptors (Lipinski definition) is 6. The van der Waals surface area contributed by atoms with E-state index >= 15 is 0 Å². The smallest absolute Gasteiger partial charge is 0.230 e. The maximum atomic E-state index is 12.6. The number of carbonyl (C=O) groups excluding carboxylic acids is 1. The normalized spacial score (nSPS) is 15.8. The molecule has 6 nitrogen and oxygen atoms in total. The van der Waals surface area contributed by atoms with Gasteiger partial charge >= 0.3 is 0 Å². The van der Waals surface area contributed by atoms with E-state index in [1.165, 1.54) is 0 Å². The van der Waals surface area contributed by atoms with Crippen molar-refractivity contribution in [3.05, 3.63) is 82.8 Å². The first-order chi connectivity index (χ1) is 14.6. The van der Waals surface area contributed by atoms with Crippen LogP contribution < -0.4 is 5.32 Å². The summed E-state index contributed by atoms with van der Waals surface area (Å²) in [7, 11) is 0. The van der Waals surface area contributed by atoms with Crippen LogP contribution in [-0.4, -0.2) is 25.7 Å². The minimum atomic E-state index is 0.0880. The molecular weight excluding hydrogens is 374 g/mol. The van der Waals surface area contributed by atoms with E-state index in [0.717, 1.165) is 33.4 Å². The molecule has 0 amide bonds. The second-order valence-electron chi connectivity index (χ2n) is 7.72. The van der Waals surface area contributed by atoms with Gasteiger partial charge in [0.15, 0.2) is 5.78 Å². The number of hydrogen-bond donors (Lipinski definition) is 1. The van der Waals surface area contributed by atoms with E-state index in [0.29, 0.717) is 30.3 Å². The number of para-hydroxylation sites is 1. The maximum Gasteiger partial charge on any atom is 0.230 e. The fourth-order valence-electron chi connectivity index (χ4n) is 4.07. The predicted molar refractivity (Wildman–Crippen MR) is 116 cm³/mol. The minimum Gasteiger partial charge on any atom is -0.294 e. The van der Waals surface area contributed by atoms with E-state index < -0.39 is 0 Å². The molecule has 2 aromatic carbocycles. The first kappa shape index (κ1) is 18.4. The average Bonchev–Trinajstić information content (AvgIpc) is 2.75. The molecule has 1 aliphatic carbocycles. The number of fused-ring (bicyclic) bond motifs is 2. The lowest BCUT2D eigenvalue weighted by Crippen LogP contribution is -2.21. The molecule has 0 saturated carbocycles. The quantitative estimate of drug-likeness (QED) is 0.542. The van der Waals surface area contributed by atoms with Gasteiger partial charge in [0.1, 0.15) is 0 Å². The SMILES string of the molecule is Cc1nc(Nc2ncc3c(n2)C[C@@H](c2ccccc2)CC3=O)nc2c(C)cccc12. The zero-order chi connectivity index (χ0) is 20.7. The fraction of sp³-hybridized carbons (Fsp3) is 0.208. The Balaban J connectivity index is 1.47. The molecule has 5 rings (SSSR count). The van der Waals surface area contributed by atoms with E-state index in [-0.39, 0.29) is 11.7 Å². The van der Waals surface area contributed by atoms with Gasteiger partial charge in [-0.25, -0.2) is 19.9 Å². The van der Waals surface area contributed by atoms with Crippen molar-refractivity contribution in [2.45, 2.75) is 32.6 Å². The molecular formula is C24H21N5O. The number of nitrogens with zero attached hydrogens (tertiary/aromatic N) is 4. The van der Waals surface area contributed by atoms with E-state index in [9.17, 15) is 4.79 Å². The number of anilines is 2. The first-order valence-corrected chi connectivity index (χ1v) is 10.0. The number of aromatic nitrogens is 4. The zero-order valence-corrected chi connectivity index (χ0v) is 16.9. The van der Waals surface area contributed by atoms with Gasteiger partial charge in [-0.3, -0.25) is 10.1 Å². The molecule has 2 heterocycles. The third-order valence-electron chi connectivity index (χ3n) is 5.65. The molecule has 0 bridgehead atoms. The van der Waals surface area contributed by atoms with Crippen LogP contribution in [0.3, 0.4) is 0 Å². The van der Waals surface area contributed by atoms with Crippen molar-refractivity contribution in [1.82, 2.24) is 19.9 Å². The highest BCUT2D eigenvalue weighted by Gasteiger charge is 2.28. The van der Waals surface area contributed by atoms with Crippen molar-refractivity contribution in [1.29, 1.82) is 0 Å². The highest BCUT2D eigenvalue weighted by Crippen LogP contribution is 2.32. The topological polar surface area (TPSA) is 80.7 Å². The summed E-state index contributed by atoms with van der Waals surface area (Å²) in [6.45, 7) is 3.99. The van der Waals surface area contributed by atoms with Crippen LogP contribution in [0.4, 0.5) is 11.9 Å². The molecule has 6 heteroatoms. The van der Waals surface area contributed by atoms with Crippen LogP contribution in [0.1, 0.15) is 45.2 Å². The number of rotatable bonds is 3. The van der Waals surface area contributed by atoms with Gasteiger partial charge in [-0.15, -0.1) is 0 Å². The van der Waals surface area contributed by atoms with Crippen molar-refractivity contribution >= 4 is 28.6 Å². The Bertz CT molecular complexity index is 1270. The van der Waals surface area contributed by atoms with Crippen molar-refractivity contribution < 1.29 is 4.79 Å². The summed E-state index contributed by atoms with van der Waals surface area (Å²) < 4.78 is 0. The van der Waals surface area contributed by atoms with Gasteiger partial charge in [0.2, 0.25) is 11.9 Å². The van der Waals surface area contributed by atoms with Gasteiger partial charge in [-0.1, -0.05) is 48.5 Å². The fourth-order valence-corrected chi connectivity index (χ4v) is 4.07. The summed E-state index contributed by atoms with van der Waals surface area (Å²) in [5, 5.41) is 4.16. The lowest BCUT2D eigenvalue weighted by atomic mass is 9.82. The number of benzene rings is 2. The first-order valence-electron chi connectivity index (χ1n) is 10.0. The number of carbonyl (C=O) groups is 1. The second kappa shape index (κ2) is 7.30. The molecule has 4 aromatic rings. The Labute approximate surface area is 174 Å². The van der Waals surface area contributed by atoms with Gasteiger partial charge in [0, 0.05) is 18.0 Å². The van der Waals surface area contributed by atoms with Crippen LogP contribution in [0, 0.1) is 13.8 Å². The summed E-state index contributed by atoms with van der Waals surface area (Å²) in [6.07, 6.45) is 2.81. The Kier molecular flexibility index (Phi) is 4.47. The molecule has 1 aliphatic rings. The highest BCUT2D eigenvalue weighted by molar-refractivity contribution is 5.98. The number of ketones is 1. The lowest BCUT2D eigenvalue weighted by Gasteiger charge is -2.23. The van der Waals surface area contributed by atoms with Crippen molar-refractivity contribution in [2.24, 2.45) is 0 Å². The van der Waals surface area contributed by atoms with Gasteiger partial charge in [-0.2, -0.15) is 0 Å². The molecule has 1 N–H and O–H groups in total. The third kappa shape index (κ3) is 3.30. The molecule has 0 spiro atoms. The van der Waals surface area contributed by atoms with E-state index in [4.69, 9.17) is 0 Å². The van der Waals surface area contributed by atoms with Gasteiger partial charge in [0.05, 0.1) is 22.5 Å². The third-order valence-corrected chi connectivity index (χ3v) is 5.65. The van der Waals surface area contributed by atoms with Gasteiger partial charge in [-0.05, 0) is 37.3 Å². The Morgan fingerprint density at radius 3 is 2.57 bits per heavy atom. The van der Waals surface area contributed by atoms with E-state index in [1.54, 1.807) is 6.20 Å². The Hall–Kier alpha value is -3.67. The highest BCUT2D eigenvalue weighted by atomic mass is 16.1. The molecule has 30 heavy (non-hydrogen) atoms. The summed E-state index contributed by atoms with van der Waals surface area (Å²) >= 11 is 0. The van der Waals surface area contributed by atoms with Crippen LogP contribution >= 0.6 is 0 Å². The molecule has 1 atom stereocenters. The standard InChI is InChI=1S/C24H21N5O/c1-14-7-6-10-18-15(2)26-24(28-22(14)18)29-23-25-13-19-20(27-23)11-17(12-21(19)30)16-8-4-3-5-9-16/h3-10,13,17H,11-12H2,1-2H3,(H,25,26,27,28,29)/t17-/m1/s1. The van der Waals surface area contributed by atoms with Crippen LogP contribution in [-0.2, 0) is 6.42 Å². The van der Waals surface area contributed by atoms with Crippen LogP contribution in [0.2, 0.25) is 0 Å². The number of aryl methyl sites for hydroxylation is 2. The molecule has 148 valence electrons. The monoisotopic (exact) mass is 395 g/mol. The van der Waals surface area contributed by atoms with Gasteiger partial charge < -0.3 is 0 Å². The van der Waals surface area contributed by atoms with E-state index in [2.05, 4.69) is 37.4 Å². The maximum absolute atomic E-state index is 12.6. The van der Waals surface area contributed by atoms with Crippen molar-refractivity contribution in [3.63, 3.8) is 0 Å². The van der Waals surface area contributed by atoms with Gasteiger partial charge in [0.25, 0.3) is 0 Å².